The third-order valence-electron chi connectivity index (χ3n) is 4.80. The van der Waals surface area contributed by atoms with Gasteiger partial charge in [0, 0.05) is 31.2 Å². The highest BCUT2D eigenvalue weighted by Crippen LogP contribution is 2.32. The summed E-state index contributed by atoms with van der Waals surface area (Å²) in [5.41, 5.74) is 0.378. The lowest BCUT2D eigenvalue weighted by Gasteiger charge is -2.46. The van der Waals surface area contributed by atoms with Crippen LogP contribution in [-0.2, 0) is 0 Å². The van der Waals surface area contributed by atoms with Gasteiger partial charge in [-0.3, -0.25) is 4.90 Å². The molecular formula is C15H30N2. The molecule has 4 atom stereocenters. The second kappa shape index (κ2) is 4.89. The molecule has 100 valence electrons. The molecule has 4 unspecified atom stereocenters. The van der Waals surface area contributed by atoms with E-state index in [-0.39, 0.29) is 0 Å². The van der Waals surface area contributed by atoms with Gasteiger partial charge < -0.3 is 5.32 Å². The average Bonchev–Trinajstić information content (AvgIpc) is 2.63. The first kappa shape index (κ1) is 13.4. The number of piperazine rings is 1. The van der Waals surface area contributed by atoms with E-state index in [0.717, 1.165) is 18.5 Å². The van der Waals surface area contributed by atoms with E-state index in [9.17, 15) is 0 Å². The van der Waals surface area contributed by atoms with Crippen LogP contribution in [0, 0.1) is 11.3 Å². The fourth-order valence-corrected chi connectivity index (χ4v) is 3.45. The van der Waals surface area contributed by atoms with Gasteiger partial charge in [-0.15, -0.1) is 0 Å². The first-order valence-electron chi connectivity index (χ1n) is 7.37. The molecule has 0 aromatic carbocycles. The van der Waals surface area contributed by atoms with E-state index in [0.29, 0.717) is 17.5 Å². The summed E-state index contributed by atoms with van der Waals surface area (Å²) in [5, 5.41) is 3.73. The van der Waals surface area contributed by atoms with Crippen LogP contribution in [0.25, 0.3) is 0 Å². The summed E-state index contributed by atoms with van der Waals surface area (Å²) in [7, 11) is 0. The van der Waals surface area contributed by atoms with Crippen molar-refractivity contribution in [3.05, 3.63) is 0 Å². The highest BCUT2D eigenvalue weighted by Gasteiger charge is 2.37. The number of hydrogen-bond acceptors (Lipinski definition) is 2. The lowest BCUT2D eigenvalue weighted by atomic mass is 9.84. The SMILES string of the molecule is CC1CCC(N2CC(C(C)(C)C)NCC2C)C1. The van der Waals surface area contributed by atoms with Crippen molar-refractivity contribution < 1.29 is 0 Å². The van der Waals surface area contributed by atoms with Gasteiger partial charge in [-0.05, 0) is 37.5 Å². The van der Waals surface area contributed by atoms with E-state index >= 15 is 0 Å². The predicted molar refractivity (Wildman–Crippen MR) is 74.2 cm³/mol. The maximum Gasteiger partial charge on any atom is 0.0244 e. The highest BCUT2D eigenvalue weighted by atomic mass is 15.3. The second-order valence-corrected chi connectivity index (χ2v) is 7.44. The minimum atomic E-state index is 0.378. The fourth-order valence-electron chi connectivity index (χ4n) is 3.45. The van der Waals surface area contributed by atoms with Crippen LogP contribution < -0.4 is 5.32 Å². The largest absolute Gasteiger partial charge is 0.311 e. The van der Waals surface area contributed by atoms with E-state index in [1.807, 2.05) is 0 Å². The molecule has 0 amide bonds. The molecule has 0 bridgehead atoms. The molecule has 1 saturated carbocycles. The first-order valence-corrected chi connectivity index (χ1v) is 7.37. The zero-order chi connectivity index (χ0) is 12.6. The fraction of sp³-hybridized carbons (Fsp3) is 1.00. The number of nitrogens with zero attached hydrogens (tertiary/aromatic N) is 1. The van der Waals surface area contributed by atoms with Crippen molar-refractivity contribution in [2.24, 2.45) is 11.3 Å². The van der Waals surface area contributed by atoms with Gasteiger partial charge in [0.15, 0.2) is 0 Å². The third-order valence-corrected chi connectivity index (χ3v) is 4.80. The van der Waals surface area contributed by atoms with E-state index in [1.165, 1.54) is 25.8 Å². The molecule has 2 fully saturated rings. The van der Waals surface area contributed by atoms with Crippen LogP contribution in [-0.4, -0.2) is 36.1 Å². The average molecular weight is 238 g/mol. The van der Waals surface area contributed by atoms with Gasteiger partial charge in [0.2, 0.25) is 0 Å². The van der Waals surface area contributed by atoms with Crippen molar-refractivity contribution in [1.82, 2.24) is 10.2 Å². The molecule has 1 saturated heterocycles. The summed E-state index contributed by atoms with van der Waals surface area (Å²) >= 11 is 0. The lowest BCUT2D eigenvalue weighted by Crippen LogP contribution is -2.61. The number of rotatable bonds is 1. The van der Waals surface area contributed by atoms with Gasteiger partial charge in [-0.1, -0.05) is 27.7 Å². The lowest BCUT2D eigenvalue weighted by molar-refractivity contribution is 0.0579. The van der Waals surface area contributed by atoms with Gasteiger partial charge >= 0.3 is 0 Å². The van der Waals surface area contributed by atoms with Crippen LogP contribution in [0.1, 0.15) is 53.9 Å². The number of hydrogen-bond donors (Lipinski definition) is 1. The Morgan fingerprint density at radius 3 is 2.35 bits per heavy atom. The van der Waals surface area contributed by atoms with Crippen molar-refractivity contribution in [2.45, 2.75) is 72.0 Å². The number of nitrogens with one attached hydrogen (secondary N) is 1. The molecule has 17 heavy (non-hydrogen) atoms. The van der Waals surface area contributed by atoms with Crippen LogP contribution in [0.2, 0.25) is 0 Å². The van der Waals surface area contributed by atoms with Crippen molar-refractivity contribution >= 4 is 0 Å². The van der Waals surface area contributed by atoms with Crippen molar-refractivity contribution in [3.63, 3.8) is 0 Å². The second-order valence-electron chi connectivity index (χ2n) is 7.44. The van der Waals surface area contributed by atoms with Crippen molar-refractivity contribution in [3.8, 4) is 0 Å². The molecule has 1 heterocycles. The van der Waals surface area contributed by atoms with E-state index in [4.69, 9.17) is 0 Å². The Kier molecular flexibility index (Phi) is 3.84. The summed E-state index contributed by atoms with van der Waals surface area (Å²) in [6, 6.07) is 2.21. The molecule has 1 N–H and O–H groups in total. The van der Waals surface area contributed by atoms with Crippen LogP contribution in [0.4, 0.5) is 0 Å². The molecule has 0 spiro atoms. The Balaban J connectivity index is 2.00. The monoisotopic (exact) mass is 238 g/mol. The zero-order valence-electron chi connectivity index (χ0n) is 12.3. The topological polar surface area (TPSA) is 15.3 Å². The smallest absolute Gasteiger partial charge is 0.0244 e. The molecule has 2 aliphatic rings. The third kappa shape index (κ3) is 3.03. The summed E-state index contributed by atoms with van der Waals surface area (Å²) < 4.78 is 0. The van der Waals surface area contributed by atoms with Crippen molar-refractivity contribution in [1.29, 1.82) is 0 Å². The minimum absolute atomic E-state index is 0.378. The van der Waals surface area contributed by atoms with Crippen LogP contribution in [0.5, 0.6) is 0 Å². The zero-order valence-corrected chi connectivity index (χ0v) is 12.3. The Labute approximate surface area is 107 Å². The van der Waals surface area contributed by atoms with Crippen LogP contribution in [0.3, 0.4) is 0 Å². The standard InChI is InChI=1S/C15H30N2/c1-11-6-7-13(8-11)17-10-14(15(3,4)5)16-9-12(17)2/h11-14,16H,6-10H2,1-5H3. The van der Waals surface area contributed by atoms with Crippen LogP contribution >= 0.6 is 0 Å². The molecule has 1 aliphatic carbocycles. The Morgan fingerprint density at radius 2 is 1.82 bits per heavy atom. The van der Waals surface area contributed by atoms with E-state index in [2.05, 4.69) is 44.8 Å². The molecule has 2 rings (SSSR count). The summed E-state index contributed by atoms with van der Waals surface area (Å²) in [5.74, 6) is 0.940. The maximum atomic E-state index is 3.73. The minimum Gasteiger partial charge on any atom is -0.311 e. The van der Waals surface area contributed by atoms with Gasteiger partial charge in [-0.2, -0.15) is 0 Å². The van der Waals surface area contributed by atoms with E-state index < -0.39 is 0 Å². The summed E-state index contributed by atoms with van der Waals surface area (Å²) in [6.45, 7) is 14.3. The van der Waals surface area contributed by atoms with Crippen molar-refractivity contribution in [2.75, 3.05) is 13.1 Å². The molecule has 0 aromatic rings. The highest BCUT2D eigenvalue weighted by molar-refractivity contribution is 4.94. The Morgan fingerprint density at radius 1 is 1.12 bits per heavy atom. The molecule has 2 nitrogen and oxygen atoms in total. The quantitative estimate of drug-likeness (QED) is 0.755. The normalized spacial score (nSPS) is 40.8. The van der Waals surface area contributed by atoms with Gasteiger partial charge in [0.1, 0.15) is 0 Å². The predicted octanol–water partition coefficient (Wildman–Crippen LogP) is 2.88. The van der Waals surface area contributed by atoms with Gasteiger partial charge in [0.05, 0.1) is 0 Å². The molecule has 0 aromatic heterocycles. The van der Waals surface area contributed by atoms with Gasteiger partial charge in [-0.25, -0.2) is 0 Å². The first-order chi connectivity index (χ1) is 7.88. The molecule has 0 radical (unpaired) electrons. The molecular weight excluding hydrogens is 208 g/mol. The maximum absolute atomic E-state index is 3.73. The summed E-state index contributed by atoms with van der Waals surface area (Å²) in [6.07, 6.45) is 4.27. The Bertz CT molecular complexity index is 256. The molecule has 2 heteroatoms. The molecule has 1 aliphatic heterocycles. The van der Waals surface area contributed by atoms with Gasteiger partial charge in [0.25, 0.3) is 0 Å². The summed E-state index contributed by atoms with van der Waals surface area (Å²) in [4.78, 5) is 2.79. The van der Waals surface area contributed by atoms with Crippen LogP contribution in [0.15, 0.2) is 0 Å². The van der Waals surface area contributed by atoms with E-state index in [1.54, 1.807) is 0 Å². The Hall–Kier alpha value is -0.0800.